The molecule has 2 aromatic rings. The molecule has 5 heteroatoms. The Morgan fingerprint density at radius 1 is 1.24 bits per heavy atom. The largest absolute Gasteiger partial charge is 0.457 e. The van der Waals surface area contributed by atoms with Gasteiger partial charge in [0.15, 0.2) is 5.84 Å². The fraction of sp³-hybridized carbons (Fsp3) is 0.250. The summed E-state index contributed by atoms with van der Waals surface area (Å²) in [5, 5.41) is 11.6. The van der Waals surface area contributed by atoms with Crippen LogP contribution in [0.25, 0.3) is 0 Å². The van der Waals surface area contributed by atoms with Crippen molar-refractivity contribution in [2.24, 2.45) is 10.9 Å². The second kappa shape index (κ2) is 5.83. The third-order valence-electron chi connectivity index (χ3n) is 3.02. The van der Waals surface area contributed by atoms with Crippen molar-refractivity contribution in [2.75, 3.05) is 0 Å². The van der Waals surface area contributed by atoms with Crippen LogP contribution < -0.4 is 10.5 Å². The van der Waals surface area contributed by atoms with Crippen LogP contribution in [0.4, 0.5) is 0 Å². The lowest BCUT2D eigenvalue weighted by atomic mass is 9.86. The van der Waals surface area contributed by atoms with E-state index in [1.807, 2.05) is 24.3 Å². The molecule has 21 heavy (non-hydrogen) atoms. The van der Waals surface area contributed by atoms with Crippen LogP contribution in [-0.2, 0) is 5.41 Å². The molecule has 0 amide bonds. The molecule has 0 aliphatic heterocycles. The van der Waals surface area contributed by atoms with Crippen molar-refractivity contribution in [1.82, 2.24) is 4.98 Å². The molecule has 1 heterocycles. The van der Waals surface area contributed by atoms with Gasteiger partial charge in [-0.1, -0.05) is 44.1 Å². The minimum Gasteiger partial charge on any atom is -0.457 e. The van der Waals surface area contributed by atoms with E-state index >= 15 is 0 Å². The maximum atomic E-state index is 8.70. The second-order valence-electron chi connectivity index (χ2n) is 5.71. The maximum Gasteiger partial charge on any atom is 0.188 e. The molecule has 0 aliphatic carbocycles. The third kappa shape index (κ3) is 3.51. The molecular formula is C16H19N3O2. The second-order valence-corrected chi connectivity index (χ2v) is 5.71. The van der Waals surface area contributed by atoms with Crippen LogP contribution in [0.3, 0.4) is 0 Å². The molecule has 0 bridgehead atoms. The van der Waals surface area contributed by atoms with Gasteiger partial charge in [-0.3, -0.25) is 4.98 Å². The van der Waals surface area contributed by atoms with E-state index in [1.165, 1.54) is 0 Å². The summed E-state index contributed by atoms with van der Waals surface area (Å²) >= 11 is 0. The van der Waals surface area contributed by atoms with Gasteiger partial charge in [-0.25, -0.2) is 0 Å². The van der Waals surface area contributed by atoms with Crippen LogP contribution >= 0.6 is 0 Å². The van der Waals surface area contributed by atoms with Crippen molar-refractivity contribution >= 4 is 5.84 Å². The highest BCUT2D eigenvalue weighted by Crippen LogP contribution is 2.33. The van der Waals surface area contributed by atoms with Gasteiger partial charge in [0.25, 0.3) is 0 Å². The van der Waals surface area contributed by atoms with Crippen LogP contribution in [0, 0.1) is 0 Å². The molecule has 2 rings (SSSR count). The summed E-state index contributed by atoms with van der Waals surface area (Å²) in [5.74, 6) is 1.31. The molecule has 1 aromatic carbocycles. The lowest BCUT2D eigenvalue weighted by Crippen LogP contribution is -2.15. The van der Waals surface area contributed by atoms with Crippen LogP contribution in [0.2, 0.25) is 0 Å². The third-order valence-corrected chi connectivity index (χ3v) is 3.02. The minimum absolute atomic E-state index is 0.0297. The lowest BCUT2D eigenvalue weighted by Gasteiger charge is -2.22. The summed E-state index contributed by atoms with van der Waals surface area (Å²) in [5.41, 5.74) is 6.98. The van der Waals surface area contributed by atoms with Crippen molar-refractivity contribution in [3.05, 3.63) is 53.9 Å². The first kappa shape index (κ1) is 14.8. The van der Waals surface area contributed by atoms with Gasteiger partial charge in [0.2, 0.25) is 0 Å². The first-order valence-corrected chi connectivity index (χ1v) is 6.63. The number of oxime groups is 1. The van der Waals surface area contributed by atoms with Crippen molar-refractivity contribution in [3.63, 3.8) is 0 Å². The predicted octanol–water partition coefficient (Wildman–Crippen LogP) is 3.27. The van der Waals surface area contributed by atoms with Gasteiger partial charge in [0, 0.05) is 17.8 Å². The van der Waals surface area contributed by atoms with Gasteiger partial charge in [-0.15, -0.1) is 0 Å². The van der Waals surface area contributed by atoms with Crippen LogP contribution in [-0.4, -0.2) is 16.0 Å². The number of benzene rings is 1. The van der Waals surface area contributed by atoms with E-state index in [9.17, 15) is 0 Å². The average Bonchev–Trinajstić information content (AvgIpc) is 2.46. The molecule has 0 atom stereocenters. The predicted molar refractivity (Wildman–Crippen MR) is 82.0 cm³/mol. The monoisotopic (exact) mass is 285 g/mol. The Balaban J connectivity index is 2.35. The molecule has 0 radical (unpaired) electrons. The smallest absolute Gasteiger partial charge is 0.188 e. The summed E-state index contributed by atoms with van der Waals surface area (Å²) in [6.45, 7) is 6.39. The zero-order chi connectivity index (χ0) is 15.5. The molecule has 0 fully saturated rings. The molecule has 0 spiro atoms. The first-order valence-electron chi connectivity index (χ1n) is 6.63. The summed E-state index contributed by atoms with van der Waals surface area (Å²) in [7, 11) is 0. The van der Waals surface area contributed by atoms with Crippen LogP contribution in [0.15, 0.2) is 47.8 Å². The Morgan fingerprint density at radius 3 is 2.62 bits per heavy atom. The van der Waals surface area contributed by atoms with Gasteiger partial charge in [0.05, 0.1) is 0 Å². The molecule has 0 aliphatic rings. The summed E-state index contributed by atoms with van der Waals surface area (Å²) in [6.07, 6.45) is 1.56. The van der Waals surface area contributed by atoms with Gasteiger partial charge in [-0.2, -0.15) is 0 Å². The maximum absolute atomic E-state index is 8.70. The Kier molecular flexibility index (Phi) is 4.12. The Hall–Kier alpha value is -2.56. The number of hydrogen-bond acceptors (Lipinski definition) is 4. The van der Waals surface area contributed by atoms with Gasteiger partial charge in [0.1, 0.15) is 17.2 Å². The number of para-hydroxylation sites is 1. The number of ether oxygens (including phenoxy) is 1. The topological polar surface area (TPSA) is 80.7 Å². The van der Waals surface area contributed by atoms with Crippen molar-refractivity contribution in [3.8, 4) is 11.5 Å². The Morgan fingerprint density at radius 2 is 1.95 bits per heavy atom. The number of rotatable bonds is 3. The standard InChI is InChI=1S/C16H19N3O2/c1-16(2,3)12-6-4-5-7-14(12)21-11-8-9-18-13(10-11)15(17)19-20/h4-10,20H,1-3H3,(H2,17,19). The highest BCUT2D eigenvalue weighted by atomic mass is 16.5. The van der Waals surface area contributed by atoms with E-state index in [0.29, 0.717) is 11.4 Å². The van der Waals surface area contributed by atoms with E-state index in [2.05, 4.69) is 30.9 Å². The normalized spacial score (nSPS) is 12.2. The number of amidine groups is 1. The van der Waals surface area contributed by atoms with Gasteiger partial charge in [-0.05, 0) is 17.5 Å². The molecule has 0 saturated carbocycles. The molecule has 5 nitrogen and oxygen atoms in total. The Labute approximate surface area is 124 Å². The zero-order valence-corrected chi connectivity index (χ0v) is 12.4. The summed E-state index contributed by atoms with van der Waals surface area (Å²) in [4.78, 5) is 4.03. The molecule has 3 N–H and O–H groups in total. The van der Waals surface area contributed by atoms with Gasteiger partial charge < -0.3 is 15.7 Å². The molecule has 0 unspecified atom stereocenters. The zero-order valence-electron chi connectivity index (χ0n) is 12.4. The quantitative estimate of drug-likeness (QED) is 0.392. The van der Waals surface area contributed by atoms with Crippen LogP contribution in [0.1, 0.15) is 32.0 Å². The molecule has 1 aromatic heterocycles. The fourth-order valence-corrected chi connectivity index (χ4v) is 1.97. The number of nitrogens with zero attached hydrogens (tertiary/aromatic N) is 2. The van der Waals surface area contributed by atoms with Crippen molar-refractivity contribution < 1.29 is 9.94 Å². The highest BCUT2D eigenvalue weighted by Gasteiger charge is 2.18. The highest BCUT2D eigenvalue weighted by molar-refractivity contribution is 5.95. The van der Waals surface area contributed by atoms with E-state index in [1.54, 1.807) is 18.3 Å². The average molecular weight is 285 g/mol. The van der Waals surface area contributed by atoms with E-state index in [4.69, 9.17) is 15.7 Å². The Bertz CT molecular complexity index is 661. The van der Waals surface area contributed by atoms with Crippen molar-refractivity contribution in [1.29, 1.82) is 0 Å². The number of aromatic nitrogens is 1. The van der Waals surface area contributed by atoms with E-state index in [0.717, 1.165) is 11.3 Å². The van der Waals surface area contributed by atoms with Crippen molar-refractivity contribution in [2.45, 2.75) is 26.2 Å². The number of hydrogen-bond donors (Lipinski definition) is 2. The SMILES string of the molecule is CC(C)(C)c1ccccc1Oc1ccnc(C(N)=NO)c1. The molecule has 0 saturated heterocycles. The summed E-state index contributed by atoms with van der Waals surface area (Å²) in [6, 6.07) is 11.2. The minimum atomic E-state index is -0.0513. The van der Waals surface area contributed by atoms with E-state index < -0.39 is 0 Å². The number of pyridine rings is 1. The van der Waals surface area contributed by atoms with Gasteiger partial charge >= 0.3 is 0 Å². The molecule has 110 valence electrons. The number of nitrogens with two attached hydrogens (primary N) is 1. The first-order chi connectivity index (χ1) is 9.91. The molecular weight excluding hydrogens is 266 g/mol. The lowest BCUT2D eigenvalue weighted by molar-refractivity contribution is 0.318. The fourth-order valence-electron chi connectivity index (χ4n) is 1.97. The summed E-state index contributed by atoms with van der Waals surface area (Å²) < 4.78 is 5.94. The van der Waals surface area contributed by atoms with E-state index in [-0.39, 0.29) is 11.3 Å². The van der Waals surface area contributed by atoms with Crippen LogP contribution in [0.5, 0.6) is 11.5 Å².